The van der Waals surface area contributed by atoms with E-state index in [0.29, 0.717) is 32.2 Å². The summed E-state index contributed by atoms with van der Waals surface area (Å²) in [7, 11) is -1.43. The van der Waals surface area contributed by atoms with E-state index in [-0.39, 0.29) is 5.91 Å². The zero-order valence-corrected chi connectivity index (χ0v) is 21.8. The lowest BCUT2D eigenvalue weighted by Gasteiger charge is -2.20. The normalized spacial score (nSPS) is 27.9. The molecule has 0 aromatic carbocycles. The van der Waals surface area contributed by atoms with Crippen molar-refractivity contribution in [3.63, 3.8) is 0 Å². The maximum absolute atomic E-state index is 13.4. The van der Waals surface area contributed by atoms with Crippen LogP contribution in [-0.2, 0) is 15.6 Å². The summed E-state index contributed by atoms with van der Waals surface area (Å²) in [4.78, 5) is 19.2. The van der Waals surface area contributed by atoms with E-state index in [0.717, 1.165) is 17.9 Å². The summed E-state index contributed by atoms with van der Waals surface area (Å²) in [5.74, 6) is -0.150. The molecule has 1 amide bonds. The maximum atomic E-state index is 13.4. The Labute approximate surface area is 205 Å². The summed E-state index contributed by atoms with van der Waals surface area (Å²) >= 11 is 8.37. The van der Waals surface area contributed by atoms with Gasteiger partial charge in [0.25, 0.3) is 10.9 Å². The molecule has 9 heteroatoms. The number of hydrogen-bond donors (Lipinski definition) is 0. The molecule has 3 heterocycles. The van der Waals surface area contributed by atoms with Crippen LogP contribution in [-0.4, -0.2) is 48.1 Å². The quantitative estimate of drug-likeness (QED) is 0.228. The first-order valence-corrected chi connectivity index (χ1v) is 13.8. The monoisotopic (exact) mass is 504 g/mol. The molecule has 3 aliphatic heterocycles. The molecule has 0 spiro atoms. The Hall–Kier alpha value is -1.68. The number of rotatable bonds is 4. The van der Waals surface area contributed by atoms with Crippen LogP contribution in [0.5, 0.6) is 0 Å². The van der Waals surface area contributed by atoms with Crippen molar-refractivity contribution in [2.24, 2.45) is 0 Å². The van der Waals surface area contributed by atoms with Gasteiger partial charge in [-0.1, -0.05) is 41.7 Å². The molecule has 0 aromatic rings. The average Bonchev–Trinajstić information content (AvgIpc) is 3.37. The Balaban J connectivity index is 1.68. The molecule has 1 unspecified atom stereocenters. The minimum absolute atomic E-state index is 0.150. The van der Waals surface area contributed by atoms with Gasteiger partial charge in [0.1, 0.15) is 15.8 Å². The standard InChI is InChI=1S/C23H26N3O2S4/c1-5-24-14-16(32(28)22(24)20-21(27)25(6-2)23(29)31-20)11-12-19-26(13-15(3)4)17-9-7-8-10-18(17)30-19/h7-8,11-14H,5-6,9-10H2,1-4H3/q+1. The highest BCUT2D eigenvalue weighted by Gasteiger charge is 2.43. The number of carbonyl (C=O) groups excluding carboxylic acids is 1. The van der Waals surface area contributed by atoms with E-state index in [4.69, 9.17) is 12.2 Å². The van der Waals surface area contributed by atoms with Crippen molar-refractivity contribution in [1.29, 1.82) is 0 Å². The van der Waals surface area contributed by atoms with E-state index in [2.05, 4.69) is 37.1 Å². The van der Waals surface area contributed by atoms with Gasteiger partial charge in [0.05, 0.1) is 5.03 Å². The first kappa shape index (κ1) is 23.5. The van der Waals surface area contributed by atoms with Gasteiger partial charge in [0, 0.05) is 29.8 Å². The third-order valence-corrected chi connectivity index (χ3v) is 9.49. The Morgan fingerprint density at radius 3 is 2.62 bits per heavy atom. The molecular formula is C23H26N3O2S4+. The van der Waals surface area contributed by atoms with Crippen LogP contribution in [0.1, 0.15) is 40.5 Å². The van der Waals surface area contributed by atoms with Gasteiger partial charge >= 0.3 is 0 Å². The lowest BCUT2D eigenvalue weighted by Crippen LogP contribution is -2.28. The summed E-state index contributed by atoms with van der Waals surface area (Å²) in [6.07, 6.45) is 14.3. The lowest BCUT2D eigenvalue weighted by molar-refractivity contribution is -0.453. The number of nitrogens with zero attached hydrogens (tertiary/aromatic N) is 3. The second-order valence-corrected chi connectivity index (χ2v) is 11.9. The van der Waals surface area contributed by atoms with E-state index in [1.54, 1.807) is 16.7 Å². The predicted molar refractivity (Wildman–Crippen MR) is 140 cm³/mol. The number of allylic oxidation sites excluding steroid dienone is 7. The molecule has 0 bridgehead atoms. The number of thiocarbonyl (C=S) groups is 1. The molecule has 1 fully saturated rings. The van der Waals surface area contributed by atoms with Crippen molar-refractivity contribution in [1.82, 2.24) is 9.80 Å². The molecular weight excluding hydrogens is 479 g/mol. The molecule has 1 aliphatic carbocycles. The van der Waals surface area contributed by atoms with Crippen LogP contribution in [0.2, 0.25) is 0 Å². The zero-order chi connectivity index (χ0) is 23.0. The second-order valence-electron chi connectivity index (χ2n) is 7.74. The molecule has 1 atom stereocenters. The average molecular weight is 505 g/mol. The third kappa shape index (κ3) is 4.27. The number of carbonyl (C=O) groups is 1. The molecule has 4 rings (SSSR count). The third-order valence-electron chi connectivity index (χ3n) is 5.27. The summed E-state index contributed by atoms with van der Waals surface area (Å²) in [6.45, 7) is 9.22. The molecule has 0 N–H and O–H groups in total. The minimum atomic E-state index is -1.43. The van der Waals surface area contributed by atoms with Crippen molar-refractivity contribution < 1.29 is 13.6 Å². The summed E-state index contributed by atoms with van der Waals surface area (Å²) in [5.41, 5.74) is 2.54. The second kappa shape index (κ2) is 9.67. The fourth-order valence-corrected chi connectivity index (χ4v) is 7.89. The highest BCUT2D eigenvalue weighted by atomic mass is 32.2. The van der Waals surface area contributed by atoms with E-state index < -0.39 is 10.8 Å². The van der Waals surface area contributed by atoms with Crippen molar-refractivity contribution in [3.8, 4) is 0 Å². The van der Waals surface area contributed by atoms with E-state index in [1.165, 1.54) is 27.9 Å². The van der Waals surface area contributed by atoms with Gasteiger partial charge in [-0.05, 0) is 58.0 Å². The Kier molecular flexibility index (Phi) is 7.09. The van der Waals surface area contributed by atoms with Crippen LogP contribution in [0.25, 0.3) is 0 Å². The molecule has 5 nitrogen and oxygen atoms in total. The van der Waals surface area contributed by atoms with Crippen LogP contribution < -0.4 is 0 Å². The van der Waals surface area contributed by atoms with Crippen LogP contribution in [0.3, 0.4) is 0 Å². The maximum Gasteiger partial charge on any atom is 0.295 e. The van der Waals surface area contributed by atoms with E-state index in [9.17, 15) is 9.00 Å². The van der Waals surface area contributed by atoms with Crippen LogP contribution in [0, 0.1) is 0 Å². The first-order valence-electron chi connectivity index (χ1n) is 10.6. The largest absolute Gasteiger partial charge is 0.314 e. The van der Waals surface area contributed by atoms with Crippen molar-refractivity contribution in [2.75, 3.05) is 13.1 Å². The molecule has 32 heavy (non-hydrogen) atoms. The van der Waals surface area contributed by atoms with Gasteiger partial charge in [-0.25, -0.2) is 4.21 Å². The Morgan fingerprint density at radius 2 is 1.97 bits per heavy atom. The molecule has 0 saturated carbocycles. The van der Waals surface area contributed by atoms with Crippen molar-refractivity contribution >= 4 is 63.0 Å². The van der Waals surface area contributed by atoms with Crippen LogP contribution in [0.15, 0.2) is 66.5 Å². The van der Waals surface area contributed by atoms with Crippen LogP contribution in [0.4, 0.5) is 0 Å². The van der Waals surface area contributed by atoms with Gasteiger partial charge in [0.15, 0.2) is 21.9 Å². The van der Waals surface area contributed by atoms with E-state index in [1.807, 2.05) is 36.8 Å². The topological polar surface area (TPSA) is 43.6 Å². The molecule has 1 saturated heterocycles. The lowest BCUT2D eigenvalue weighted by atomic mass is 10.1. The minimum Gasteiger partial charge on any atom is -0.314 e. The number of hydrogen-bond acceptors (Lipinski definition) is 6. The first-order chi connectivity index (χ1) is 15.3. The Morgan fingerprint density at radius 1 is 1.22 bits per heavy atom. The molecule has 4 aliphatic rings. The predicted octanol–water partition coefficient (Wildman–Crippen LogP) is 5.16. The molecule has 168 valence electrons. The Bertz CT molecular complexity index is 1130. The number of likely N-dealkylation sites (N-methyl/N-ethyl adjacent to an activating group) is 1. The number of thioether (sulfide) groups is 2. The van der Waals surface area contributed by atoms with Crippen LogP contribution >= 0.6 is 35.7 Å². The van der Waals surface area contributed by atoms with Gasteiger partial charge in [-0.3, -0.25) is 9.69 Å². The molecule has 0 radical (unpaired) electrons. The van der Waals surface area contributed by atoms with Gasteiger partial charge in [-0.2, -0.15) is 4.58 Å². The highest BCUT2D eigenvalue weighted by molar-refractivity contribution is 8.27. The summed E-state index contributed by atoms with van der Waals surface area (Å²) < 4.78 is 15.9. The highest BCUT2D eigenvalue weighted by Crippen LogP contribution is 2.46. The van der Waals surface area contributed by atoms with Gasteiger partial charge < -0.3 is 4.90 Å². The fraction of sp³-hybridized carbons (Fsp3) is 0.348. The van der Waals surface area contributed by atoms with Gasteiger partial charge in [0.2, 0.25) is 0 Å². The van der Waals surface area contributed by atoms with Crippen molar-refractivity contribution in [3.05, 3.63) is 66.5 Å². The van der Waals surface area contributed by atoms with Gasteiger partial charge in [-0.15, -0.1) is 0 Å². The van der Waals surface area contributed by atoms with Crippen molar-refractivity contribution in [2.45, 2.75) is 40.5 Å². The van der Waals surface area contributed by atoms with E-state index >= 15 is 0 Å². The summed E-state index contributed by atoms with van der Waals surface area (Å²) in [6, 6.07) is 0. The number of amides is 1. The SMILES string of the molecule is CCN1C(=O)C(=C2[N+](CC)=CC(=CC=C3SC4=C(CC=CC4)N3C=C(C)C)S2=O)SC1=S. The summed E-state index contributed by atoms with van der Waals surface area (Å²) in [5, 5.41) is 1.65. The smallest absolute Gasteiger partial charge is 0.295 e. The fourth-order valence-electron chi connectivity index (χ4n) is 3.76. The zero-order valence-electron chi connectivity index (χ0n) is 18.6. The molecule has 0 aromatic heterocycles.